The van der Waals surface area contributed by atoms with Gasteiger partial charge in [-0.05, 0) is 31.3 Å². The van der Waals surface area contributed by atoms with Crippen LogP contribution in [0.4, 0.5) is 10.5 Å². The van der Waals surface area contributed by atoms with Gasteiger partial charge in [-0.15, -0.1) is 0 Å². The van der Waals surface area contributed by atoms with Crippen molar-refractivity contribution in [2.45, 2.75) is 0 Å². The molecule has 0 aromatic heterocycles. The second-order valence-electron chi connectivity index (χ2n) is 5.27. The molecule has 0 aliphatic heterocycles. The summed E-state index contributed by atoms with van der Waals surface area (Å²) >= 11 is 0. The lowest BCUT2D eigenvalue weighted by molar-refractivity contribution is -0.120. The Bertz CT molecular complexity index is 647. The van der Waals surface area contributed by atoms with Crippen LogP contribution in [0.5, 0.6) is 5.75 Å². The summed E-state index contributed by atoms with van der Waals surface area (Å²) in [5.41, 5.74) is 0.632. The SMILES string of the molecule is CN(CCOc1ccccc1)CC(=O)NC(=O)Nc1ccccc1. The molecule has 2 rings (SSSR count). The Labute approximate surface area is 141 Å². The van der Waals surface area contributed by atoms with Gasteiger partial charge in [0.05, 0.1) is 6.54 Å². The number of nitrogens with zero attached hydrogens (tertiary/aromatic N) is 1. The number of para-hydroxylation sites is 2. The first kappa shape index (κ1) is 17.5. The molecule has 0 aliphatic carbocycles. The predicted octanol–water partition coefficient (Wildman–Crippen LogP) is 2.35. The van der Waals surface area contributed by atoms with Crippen molar-refractivity contribution in [3.8, 4) is 5.75 Å². The van der Waals surface area contributed by atoms with Gasteiger partial charge in [0.2, 0.25) is 5.91 Å². The van der Waals surface area contributed by atoms with Crippen molar-refractivity contribution in [2.75, 3.05) is 32.1 Å². The first-order chi connectivity index (χ1) is 11.6. The van der Waals surface area contributed by atoms with E-state index >= 15 is 0 Å². The van der Waals surface area contributed by atoms with E-state index in [1.54, 1.807) is 36.2 Å². The summed E-state index contributed by atoms with van der Waals surface area (Å²) in [5.74, 6) is 0.420. The van der Waals surface area contributed by atoms with Gasteiger partial charge in [0.1, 0.15) is 12.4 Å². The third-order valence-electron chi connectivity index (χ3n) is 3.18. The average molecular weight is 327 g/mol. The average Bonchev–Trinajstić information content (AvgIpc) is 2.56. The smallest absolute Gasteiger partial charge is 0.325 e. The first-order valence-electron chi connectivity index (χ1n) is 7.66. The Hall–Kier alpha value is -2.86. The lowest BCUT2D eigenvalue weighted by Crippen LogP contribution is -2.41. The number of likely N-dealkylation sites (N-methyl/N-ethyl adjacent to an activating group) is 1. The number of ether oxygens (including phenoxy) is 1. The number of nitrogens with one attached hydrogen (secondary N) is 2. The minimum Gasteiger partial charge on any atom is -0.492 e. The molecule has 126 valence electrons. The zero-order valence-electron chi connectivity index (χ0n) is 13.6. The van der Waals surface area contributed by atoms with Crippen LogP contribution in [-0.2, 0) is 4.79 Å². The van der Waals surface area contributed by atoms with Crippen LogP contribution in [0.15, 0.2) is 60.7 Å². The van der Waals surface area contributed by atoms with E-state index in [0.29, 0.717) is 18.8 Å². The predicted molar refractivity (Wildman–Crippen MR) is 93.0 cm³/mol. The highest BCUT2D eigenvalue weighted by atomic mass is 16.5. The van der Waals surface area contributed by atoms with Crippen LogP contribution in [0.2, 0.25) is 0 Å². The molecule has 2 aromatic carbocycles. The Morgan fingerprint density at radius 1 is 1.00 bits per heavy atom. The van der Waals surface area contributed by atoms with Crippen LogP contribution in [0, 0.1) is 0 Å². The number of rotatable bonds is 7. The van der Waals surface area contributed by atoms with Crippen molar-refractivity contribution < 1.29 is 14.3 Å². The molecule has 0 radical (unpaired) electrons. The summed E-state index contributed by atoms with van der Waals surface area (Å²) in [7, 11) is 1.79. The van der Waals surface area contributed by atoms with Crippen molar-refractivity contribution >= 4 is 17.6 Å². The lowest BCUT2D eigenvalue weighted by Gasteiger charge is -2.16. The zero-order chi connectivity index (χ0) is 17.2. The highest BCUT2D eigenvalue weighted by Crippen LogP contribution is 2.07. The van der Waals surface area contributed by atoms with Gasteiger partial charge < -0.3 is 10.1 Å². The van der Waals surface area contributed by atoms with Gasteiger partial charge in [0.15, 0.2) is 0 Å². The monoisotopic (exact) mass is 327 g/mol. The van der Waals surface area contributed by atoms with Crippen molar-refractivity contribution in [2.24, 2.45) is 0 Å². The third-order valence-corrected chi connectivity index (χ3v) is 3.18. The second-order valence-corrected chi connectivity index (χ2v) is 5.27. The van der Waals surface area contributed by atoms with Gasteiger partial charge in [-0.2, -0.15) is 0 Å². The van der Waals surface area contributed by atoms with E-state index in [0.717, 1.165) is 5.75 Å². The van der Waals surface area contributed by atoms with Gasteiger partial charge in [-0.25, -0.2) is 4.79 Å². The maximum atomic E-state index is 11.8. The van der Waals surface area contributed by atoms with E-state index < -0.39 is 6.03 Å². The molecule has 6 nitrogen and oxygen atoms in total. The summed E-state index contributed by atoms with van der Waals surface area (Å²) in [5, 5.41) is 4.89. The molecular weight excluding hydrogens is 306 g/mol. The van der Waals surface area contributed by atoms with Crippen molar-refractivity contribution in [3.63, 3.8) is 0 Å². The lowest BCUT2D eigenvalue weighted by atomic mass is 10.3. The summed E-state index contributed by atoms with van der Waals surface area (Å²) in [6.45, 7) is 1.15. The number of hydrogen-bond acceptors (Lipinski definition) is 4. The number of benzene rings is 2. The molecule has 24 heavy (non-hydrogen) atoms. The van der Waals surface area contributed by atoms with Gasteiger partial charge in [0.25, 0.3) is 0 Å². The van der Waals surface area contributed by atoms with Crippen LogP contribution >= 0.6 is 0 Å². The number of hydrogen-bond donors (Lipinski definition) is 2. The van der Waals surface area contributed by atoms with Crippen LogP contribution in [0.25, 0.3) is 0 Å². The molecule has 0 heterocycles. The molecule has 3 amide bonds. The summed E-state index contributed by atoms with van der Waals surface area (Å²) in [6, 6.07) is 17.9. The fraction of sp³-hybridized carbons (Fsp3) is 0.222. The second kappa shape index (κ2) is 9.32. The standard InChI is InChI=1S/C18H21N3O3/c1-21(12-13-24-16-10-6-3-7-11-16)14-17(22)20-18(23)19-15-8-4-2-5-9-15/h2-11H,12-14H2,1H3,(H2,19,20,22,23). The summed E-state index contributed by atoms with van der Waals surface area (Å²) in [4.78, 5) is 25.3. The number of carbonyl (C=O) groups excluding carboxylic acids is 2. The molecule has 0 fully saturated rings. The van der Waals surface area contributed by atoms with Crippen molar-refractivity contribution in [1.82, 2.24) is 10.2 Å². The van der Waals surface area contributed by atoms with E-state index in [4.69, 9.17) is 4.74 Å². The maximum absolute atomic E-state index is 11.8. The zero-order valence-corrected chi connectivity index (χ0v) is 13.6. The van der Waals surface area contributed by atoms with Gasteiger partial charge in [-0.1, -0.05) is 36.4 Å². The van der Waals surface area contributed by atoms with Crippen LogP contribution < -0.4 is 15.4 Å². The first-order valence-corrected chi connectivity index (χ1v) is 7.66. The van der Waals surface area contributed by atoms with Crippen LogP contribution in [0.3, 0.4) is 0 Å². The summed E-state index contributed by atoms with van der Waals surface area (Å²) < 4.78 is 5.57. The Kier molecular flexibility index (Phi) is 6.79. The molecule has 6 heteroatoms. The fourth-order valence-corrected chi connectivity index (χ4v) is 2.01. The van der Waals surface area contributed by atoms with Gasteiger partial charge in [-0.3, -0.25) is 15.0 Å². The molecule has 0 atom stereocenters. The summed E-state index contributed by atoms with van der Waals surface area (Å²) in [6.07, 6.45) is 0. The van der Waals surface area contributed by atoms with Gasteiger partial charge in [0, 0.05) is 12.2 Å². The van der Waals surface area contributed by atoms with Crippen LogP contribution in [-0.4, -0.2) is 43.6 Å². The largest absolute Gasteiger partial charge is 0.492 e. The Balaban J connectivity index is 1.65. The van der Waals surface area contributed by atoms with Gasteiger partial charge >= 0.3 is 6.03 Å². The fourth-order valence-electron chi connectivity index (χ4n) is 2.01. The molecule has 0 saturated heterocycles. The Morgan fingerprint density at radius 2 is 1.62 bits per heavy atom. The van der Waals surface area contributed by atoms with E-state index in [1.165, 1.54) is 0 Å². The number of carbonyl (C=O) groups is 2. The van der Waals surface area contributed by atoms with E-state index in [2.05, 4.69) is 10.6 Å². The topological polar surface area (TPSA) is 70.7 Å². The van der Waals surface area contributed by atoms with E-state index in [9.17, 15) is 9.59 Å². The quantitative estimate of drug-likeness (QED) is 0.819. The van der Waals surface area contributed by atoms with Crippen molar-refractivity contribution in [3.05, 3.63) is 60.7 Å². The van der Waals surface area contributed by atoms with E-state index in [-0.39, 0.29) is 12.5 Å². The number of amides is 3. The number of imide groups is 1. The molecule has 2 N–H and O–H groups in total. The maximum Gasteiger partial charge on any atom is 0.325 e. The molecule has 0 spiro atoms. The molecule has 0 saturated carbocycles. The minimum atomic E-state index is -0.542. The van der Waals surface area contributed by atoms with Crippen molar-refractivity contribution in [1.29, 1.82) is 0 Å². The third kappa shape index (κ3) is 6.50. The number of urea groups is 1. The molecular formula is C18H21N3O3. The highest BCUT2D eigenvalue weighted by Gasteiger charge is 2.10. The van der Waals surface area contributed by atoms with E-state index in [1.807, 2.05) is 36.4 Å². The number of anilines is 1. The molecule has 0 bridgehead atoms. The highest BCUT2D eigenvalue weighted by molar-refractivity contribution is 6.01. The molecule has 0 unspecified atom stereocenters. The van der Waals surface area contributed by atoms with Crippen LogP contribution in [0.1, 0.15) is 0 Å². The normalized spacial score (nSPS) is 10.2. The minimum absolute atomic E-state index is 0.111. The molecule has 2 aromatic rings. The Morgan fingerprint density at radius 3 is 2.29 bits per heavy atom. The molecule has 0 aliphatic rings.